The first-order valence-corrected chi connectivity index (χ1v) is 13.8. The van der Waals surface area contributed by atoms with E-state index in [1.165, 1.54) is 17.6 Å². The molecule has 3 N–H and O–H groups in total. The molecule has 0 aliphatic heterocycles. The van der Waals surface area contributed by atoms with E-state index in [1.807, 2.05) is 23.6 Å². The number of furan rings is 1. The van der Waals surface area contributed by atoms with Crippen molar-refractivity contribution in [2.24, 2.45) is 0 Å². The molecule has 1 aromatic carbocycles. The number of hydrogen-bond donors (Lipinski definition) is 3. The molecule has 10 heteroatoms. The summed E-state index contributed by atoms with van der Waals surface area (Å²) in [6.07, 6.45) is 8.27. The van der Waals surface area contributed by atoms with Crippen molar-refractivity contribution >= 4 is 51.5 Å². The maximum atomic E-state index is 13.2. The van der Waals surface area contributed by atoms with Gasteiger partial charge in [-0.25, -0.2) is 0 Å². The van der Waals surface area contributed by atoms with Gasteiger partial charge in [0.05, 0.1) is 11.2 Å². The van der Waals surface area contributed by atoms with Crippen molar-refractivity contribution in [2.45, 2.75) is 60.4 Å². The summed E-state index contributed by atoms with van der Waals surface area (Å²) in [5.74, 6) is -0.494. The van der Waals surface area contributed by atoms with E-state index in [0.717, 1.165) is 43.1 Å². The molecule has 8 nitrogen and oxygen atoms in total. The monoisotopic (exact) mass is 498 g/mol. The van der Waals surface area contributed by atoms with E-state index in [2.05, 4.69) is 15.6 Å². The van der Waals surface area contributed by atoms with Crippen molar-refractivity contribution in [2.75, 3.05) is 6.26 Å². The fourth-order valence-electron chi connectivity index (χ4n) is 4.45. The predicted octanol–water partition coefficient (Wildman–Crippen LogP) is 4.02. The van der Waals surface area contributed by atoms with E-state index in [4.69, 9.17) is 9.83 Å². The maximum absolute atomic E-state index is 13.2. The Morgan fingerprint density at radius 2 is 1.94 bits per heavy atom. The SMILES string of the molecule is C[S+]([O-])c1nc(-c2ccc3cc(C(=O)NC4(C(=O)NC5(C=N)CC5)CCCCC4)oc3c2)cs1. The van der Waals surface area contributed by atoms with E-state index in [-0.39, 0.29) is 11.7 Å². The highest BCUT2D eigenvalue weighted by Gasteiger charge is 2.48. The van der Waals surface area contributed by atoms with Crippen molar-refractivity contribution in [3.05, 3.63) is 35.4 Å². The van der Waals surface area contributed by atoms with Crippen LogP contribution in [0.4, 0.5) is 0 Å². The largest absolute Gasteiger partial charge is 0.610 e. The molecule has 0 bridgehead atoms. The molecule has 2 fully saturated rings. The Morgan fingerprint density at radius 3 is 2.59 bits per heavy atom. The zero-order valence-corrected chi connectivity index (χ0v) is 20.4. The van der Waals surface area contributed by atoms with Gasteiger partial charge in [-0.2, -0.15) is 4.98 Å². The number of aromatic nitrogens is 1. The molecule has 1 atom stereocenters. The molecule has 0 saturated heterocycles. The van der Waals surface area contributed by atoms with Crippen molar-refractivity contribution in [3.63, 3.8) is 0 Å². The minimum absolute atomic E-state index is 0.145. The molecular weight excluding hydrogens is 472 g/mol. The van der Waals surface area contributed by atoms with Crippen LogP contribution in [0, 0.1) is 5.41 Å². The normalized spacial score (nSPS) is 19.4. The van der Waals surface area contributed by atoms with Gasteiger partial charge in [-0.3, -0.25) is 9.59 Å². The van der Waals surface area contributed by atoms with Crippen LogP contribution in [0.3, 0.4) is 0 Å². The molecule has 2 aromatic heterocycles. The van der Waals surface area contributed by atoms with Crippen LogP contribution in [0.5, 0.6) is 0 Å². The third kappa shape index (κ3) is 4.37. The molecule has 34 heavy (non-hydrogen) atoms. The number of thiazole rings is 1. The first kappa shape index (κ1) is 23.1. The highest BCUT2D eigenvalue weighted by Crippen LogP contribution is 2.36. The average molecular weight is 499 g/mol. The van der Waals surface area contributed by atoms with E-state index >= 15 is 0 Å². The first-order chi connectivity index (χ1) is 16.3. The van der Waals surface area contributed by atoms with Crippen LogP contribution in [-0.2, 0) is 16.0 Å². The maximum Gasteiger partial charge on any atom is 0.301 e. The topological polar surface area (TPSA) is 131 Å². The summed E-state index contributed by atoms with van der Waals surface area (Å²) in [5.41, 5.74) is 0.508. The highest BCUT2D eigenvalue weighted by molar-refractivity contribution is 7.92. The van der Waals surface area contributed by atoms with Gasteiger partial charge in [0, 0.05) is 33.7 Å². The molecule has 1 unspecified atom stereocenters. The van der Waals surface area contributed by atoms with E-state index in [9.17, 15) is 14.1 Å². The standard InChI is InChI=1S/C24H26N4O4S2/c1-34(31)22-26-17(13-33-22)15-5-6-16-12-19(32-18(16)11-15)20(29)27-24(7-3-2-4-8-24)21(30)28-23(14-25)9-10-23/h5-6,11-14,25H,2-4,7-10H2,1H3,(H,27,29)(H,28,30). The van der Waals surface area contributed by atoms with Gasteiger partial charge in [-0.15, -0.1) is 0 Å². The summed E-state index contributed by atoms with van der Waals surface area (Å²) in [6, 6.07) is 7.24. The summed E-state index contributed by atoms with van der Waals surface area (Å²) in [6.45, 7) is 0. The van der Waals surface area contributed by atoms with Crippen LogP contribution in [0.2, 0.25) is 0 Å². The lowest BCUT2D eigenvalue weighted by Crippen LogP contribution is -2.61. The van der Waals surface area contributed by atoms with Crippen LogP contribution < -0.4 is 10.6 Å². The molecule has 178 valence electrons. The molecule has 2 aliphatic carbocycles. The summed E-state index contributed by atoms with van der Waals surface area (Å²) < 4.78 is 18.1. The van der Waals surface area contributed by atoms with Crippen molar-refractivity contribution in [1.29, 1.82) is 5.41 Å². The van der Waals surface area contributed by atoms with Crippen molar-refractivity contribution in [3.8, 4) is 11.3 Å². The summed E-state index contributed by atoms with van der Waals surface area (Å²) in [7, 11) is 0. The number of hydrogen-bond acceptors (Lipinski definition) is 7. The lowest BCUT2D eigenvalue weighted by molar-refractivity contribution is -0.129. The summed E-state index contributed by atoms with van der Waals surface area (Å²) >= 11 is 0.201. The predicted molar refractivity (Wildman–Crippen MR) is 132 cm³/mol. The van der Waals surface area contributed by atoms with E-state index in [1.54, 1.807) is 12.3 Å². The number of rotatable bonds is 7. The zero-order valence-electron chi connectivity index (χ0n) is 18.8. The van der Waals surface area contributed by atoms with Gasteiger partial charge in [0.25, 0.3) is 5.91 Å². The fraction of sp³-hybridized carbons (Fsp3) is 0.417. The van der Waals surface area contributed by atoms with Crippen molar-refractivity contribution < 1.29 is 18.6 Å². The van der Waals surface area contributed by atoms with E-state index in [0.29, 0.717) is 28.5 Å². The highest BCUT2D eigenvalue weighted by atomic mass is 32.2. The van der Waals surface area contributed by atoms with Crippen LogP contribution in [0.1, 0.15) is 55.5 Å². The van der Waals surface area contributed by atoms with Crippen LogP contribution in [0.15, 0.2) is 38.4 Å². The van der Waals surface area contributed by atoms with Gasteiger partial charge >= 0.3 is 4.34 Å². The quantitative estimate of drug-likeness (QED) is 0.334. The molecule has 0 radical (unpaired) electrons. The number of carbonyl (C=O) groups excluding carboxylic acids is 2. The number of amides is 2. The molecular formula is C24H26N4O4S2. The minimum Gasteiger partial charge on any atom is -0.610 e. The van der Waals surface area contributed by atoms with Gasteiger partial charge in [0.1, 0.15) is 17.4 Å². The van der Waals surface area contributed by atoms with Crippen LogP contribution in [0.25, 0.3) is 22.2 Å². The Bertz CT molecular complexity index is 1250. The Kier molecular flexibility index (Phi) is 5.99. The minimum atomic E-state index is -1.14. The number of nitrogens with zero attached hydrogens (tertiary/aromatic N) is 1. The van der Waals surface area contributed by atoms with Crippen LogP contribution in [-0.4, -0.2) is 44.9 Å². The second-order valence-electron chi connectivity index (χ2n) is 9.17. The Balaban J connectivity index is 1.38. The molecule has 2 heterocycles. The number of nitrogens with one attached hydrogen (secondary N) is 3. The summed E-state index contributed by atoms with van der Waals surface area (Å²) in [4.78, 5) is 30.9. The lowest BCUT2D eigenvalue weighted by Gasteiger charge is -2.37. The first-order valence-electron chi connectivity index (χ1n) is 11.3. The third-order valence-corrected chi connectivity index (χ3v) is 8.90. The van der Waals surface area contributed by atoms with Gasteiger partial charge in [-0.05, 0) is 37.8 Å². The lowest BCUT2D eigenvalue weighted by atomic mass is 9.80. The zero-order chi connectivity index (χ0) is 23.9. The third-order valence-electron chi connectivity index (χ3n) is 6.69. The molecule has 2 saturated carbocycles. The van der Waals surface area contributed by atoms with E-state index < -0.39 is 28.2 Å². The summed E-state index contributed by atoms with van der Waals surface area (Å²) in [5, 5.41) is 16.2. The van der Waals surface area contributed by atoms with Crippen LogP contribution >= 0.6 is 11.3 Å². The average Bonchev–Trinajstić information content (AvgIpc) is 3.23. The fourth-order valence-corrected chi connectivity index (χ4v) is 5.92. The molecule has 0 spiro atoms. The molecule has 2 amide bonds. The Morgan fingerprint density at radius 1 is 1.18 bits per heavy atom. The second kappa shape index (κ2) is 8.83. The van der Waals surface area contributed by atoms with Gasteiger partial charge in [-0.1, -0.05) is 42.7 Å². The smallest absolute Gasteiger partial charge is 0.301 e. The number of carbonyl (C=O) groups is 2. The van der Waals surface area contributed by atoms with Gasteiger partial charge in [0.15, 0.2) is 5.76 Å². The number of benzene rings is 1. The Hall–Kier alpha value is -2.69. The molecule has 5 rings (SSSR count). The van der Waals surface area contributed by atoms with Crippen molar-refractivity contribution in [1.82, 2.24) is 15.6 Å². The number of fused-ring (bicyclic) bond motifs is 1. The second-order valence-corrected chi connectivity index (χ2v) is 11.6. The molecule has 3 aromatic rings. The Labute approximate surface area is 204 Å². The van der Waals surface area contributed by atoms with Gasteiger partial charge < -0.3 is 25.0 Å². The molecule has 2 aliphatic rings. The van der Waals surface area contributed by atoms with Gasteiger partial charge in [0.2, 0.25) is 5.91 Å².